The molecule has 0 aliphatic carbocycles. The fourth-order valence-electron chi connectivity index (χ4n) is 8.58. The lowest BCUT2D eigenvalue weighted by atomic mass is 9.90. The van der Waals surface area contributed by atoms with Crippen LogP contribution in [0.2, 0.25) is 0 Å². The van der Waals surface area contributed by atoms with Crippen molar-refractivity contribution in [2.75, 3.05) is 4.90 Å². The van der Waals surface area contributed by atoms with Gasteiger partial charge in [0.25, 0.3) is 0 Å². The highest BCUT2D eigenvalue weighted by molar-refractivity contribution is 6.34. The van der Waals surface area contributed by atoms with Gasteiger partial charge in [0.2, 0.25) is 0 Å². The van der Waals surface area contributed by atoms with Crippen molar-refractivity contribution in [2.45, 2.75) is 0 Å². The van der Waals surface area contributed by atoms with E-state index >= 15 is 0 Å². The van der Waals surface area contributed by atoms with E-state index in [2.05, 4.69) is 211 Å². The molecule has 56 heavy (non-hydrogen) atoms. The van der Waals surface area contributed by atoms with Crippen molar-refractivity contribution in [1.82, 2.24) is 0 Å². The van der Waals surface area contributed by atoms with Gasteiger partial charge in [-0.25, -0.2) is 0 Å². The van der Waals surface area contributed by atoms with Crippen molar-refractivity contribution >= 4 is 71.3 Å². The standard InChI is InChI=1S/C54H35NO/c1-3-12-36(13-4-1)37-22-24-38(25-23-37)40-14-11-17-44(34-40)55(42-15-5-2-6-16-42)43-29-26-39(27-30-43)41-28-31-46-45-18-7-8-19-47(45)53-48(50(46)35-41)32-33-52-54(53)49-20-9-10-21-51(49)56-52/h1-35H. The van der Waals surface area contributed by atoms with Crippen molar-refractivity contribution in [3.63, 3.8) is 0 Å². The molecule has 0 saturated carbocycles. The molecular formula is C54H35NO. The highest BCUT2D eigenvalue weighted by atomic mass is 16.3. The molecule has 0 radical (unpaired) electrons. The van der Waals surface area contributed by atoms with E-state index in [4.69, 9.17) is 4.42 Å². The SMILES string of the molecule is c1ccc(-c2ccc(-c3cccc(N(c4ccccc4)c4ccc(-c5ccc6c7ccccc7c7c(ccc8oc9ccccc9c87)c6c5)cc4)c3)cc2)cc1. The summed E-state index contributed by atoms with van der Waals surface area (Å²) in [5.74, 6) is 0. The van der Waals surface area contributed by atoms with Crippen molar-refractivity contribution < 1.29 is 4.42 Å². The van der Waals surface area contributed by atoms with Crippen molar-refractivity contribution in [2.24, 2.45) is 0 Å². The highest BCUT2D eigenvalue weighted by Crippen LogP contribution is 2.44. The number of rotatable bonds is 6. The summed E-state index contributed by atoms with van der Waals surface area (Å²) in [6.45, 7) is 0. The minimum atomic E-state index is 0.918. The van der Waals surface area contributed by atoms with E-state index in [1.54, 1.807) is 0 Å². The first kappa shape index (κ1) is 32.0. The molecule has 2 heteroatoms. The molecule has 11 rings (SSSR count). The van der Waals surface area contributed by atoms with E-state index in [1.807, 2.05) is 6.07 Å². The monoisotopic (exact) mass is 713 g/mol. The third kappa shape index (κ3) is 5.34. The summed E-state index contributed by atoms with van der Waals surface area (Å²) in [7, 11) is 0. The van der Waals surface area contributed by atoms with E-state index < -0.39 is 0 Å². The second-order valence-electron chi connectivity index (χ2n) is 14.5. The van der Waals surface area contributed by atoms with Gasteiger partial charge in [0.05, 0.1) is 0 Å². The number of furan rings is 1. The van der Waals surface area contributed by atoms with Crippen molar-refractivity contribution in [1.29, 1.82) is 0 Å². The third-order valence-electron chi connectivity index (χ3n) is 11.2. The zero-order valence-corrected chi connectivity index (χ0v) is 30.6. The number of anilines is 3. The van der Waals surface area contributed by atoms with Crippen LogP contribution < -0.4 is 4.90 Å². The quantitative estimate of drug-likeness (QED) is 0.160. The van der Waals surface area contributed by atoms with Gasteiger partial charge in [-0.15, -0.1) is 0 Å². The van der Waals surface area contributed by atoms with Gasteiger partial charge in [-0.2, -0.15) is 0 Å². The smallest absolute Gasteiger partial charge is 0.136 e. The summed E-state index contributed by atoms with van der Waals surface area (Å²) in [6.07, 6.45) is 0. The van der Waals surface area contributed by atoms with E-state index in [0.29, 0.717) is 0 Å². The van der Waals surface area contributed by atoms with Crippen LogP contribution in [0.3, 0.4) is 0 Å². The molecule has 1 aromatic heterocycles. The largest absolute Gasteiger partial charge is 0.456 e. The van der Waals surface area contributed by atoms with E-state index in [9.17, 15) is 0 Å². The Morgan fingerprint density at radius 2 is 0.732 bits per heavy atom. The molecule has 0 bridgehead atoms. The maximum Gasteiger partial charge on any atom is 0.136 e. The first-order valence-electron chi connectivity index (χ1n) is 19.2. The molecule has 0 atom stereocenters. The van der Waals surface area contributed by atoms with Crippen LogP contribution in [-0.2, 0) is 0 Å². The van der Waals surface area contributed by atoms with Crippen LogP contribution in [0.25, 0.3) is 87.6 Å². The normalized spacial score (nSPS) is 11.6. The fourth-order valence-corrected chi connectivity index (χ4v) is 8.58. The number of hydrogen-bond donors (Lipinski definition) is 0. The Kier molecular flexibility index (Phi) is 7.53. The van der Waals surface area contributed by atoms with Gasteiger partial charge in [0, 0.05) is 33.2 Å². The van der Waals surface area contributed by atoms with Gasteiger partial charge in [-0.1, -0.05) is 152 Å². The van der Waals surface area contributed by atoms with E-state index in [-0.39, 0.29) is 0 Å². The molecular weight excluding hydrogens is 679 g/mol. The predicted octanol–water partition coefficient (Wildman–Crippen LogP) is 15.5. The molecule has 0 aliphatic rings. The van der Waals surface area contributed by atoms with Crippen molar-refractivity contribution in [3.05, 3.63) is 212 Å². The minimum absolute atomic E-state index is 0.918. The van der Waals surface area contributed by atoms with Crippen LogP contribution in [0.5, 0.6) is 0 Å². The summed E-state index contributed by atoms with van der Waals surface area (Å²) in [5.41, 5.74) is 12.3. The summed E-state index contributed by atoms with van der Waals surface area (Å²) in [6, 6.07) is 76.3. The maximum absolute atomic E-state index is 6.35. The molecule has 0 spiro atoms. The Morgan fingerprint density at radius 1 is 0.250 bits per heavy atom. The Labute approximate surface area is 325 Å². The van der Waals surface area contributed by atoms with Gasteiger partial charge < -0.3 is 9.32 Å². The van der Waals surface area contributed by atoms with Crippen LogP contribution in [0, 0.1) is 0 Å². The molecule has 262 valence electrons. The number of hydrogen-bond acceptors (Lipinski definition) is 2. The van der Waals surface area contributed by atoms with Crippen LogP contribution in [-0.4, -0.2) is 0 Å². The van der Waals surface area contributed by atoms with Crippen LogP contribution >= 0.6 is 0 Å². The lowest BCUT2D eigenvalue weighted by molar-refractivity contribution is 0.669. The Bertz CT molecular complexity index is 3220. The second-order valence-corrected chi connectivity index (χ2v) is 14.5. The molecule has 0 aliphatic heterocycles. The third-order valence-corrected chi connectivity index (χ3v) is 11.2. The van der Waals surface area contributed by atoms with Gasteiger partial charge in [0.1, 0.15) is 11.2 Å². The molecule has 0 unspecified atom stereocenters. The zero-order chi connectivity index (χ0) is 37.0. The van der Waals surface area contributed by atoms with E-state index in [1.165, 1.54) is 71.1 Å². The first-order valence-corrected chi connectivity index (χ1v) is 19.2. The molecule has 11 aromatic rings. The van der Waals surface area contributed by atoms with Crippen LogP contribution in [0.15, 0.2) is 217 Å². The van der Waals surface area contributed by atoms with Gasteiger partial charge in [-0.3, -0.25) is 0 Å². The first-order chi connectivity index (χ1) is 27.8. The topological polar surface area (TPSA) is 16.4 Å². The number of benzene rings is 10. The molecule has 0 fully saturated rings. The number of nitrogens with zero attached hydrogens (tertiary/aromatic N) is 1. The van der Waals surface area contributed by atoms with Crippen LogP contribution in [0.1, 0.15) is 0 Å². The lowest BCUT2D eigenvalue weighted by Gasteiger charge is -2.26. The Balaban J connectivity index is 1.00. The van der Waals surface area contributed by atoms with Gasteiger partial charge >= 0.3 is 0 Å². The molecule has 0 amide bonds. The van der Waals surface area contributed by atoms with Crippen LogP contribution in [0.4, 0.5) is 17.1 Å². The summed E-state index contributed by atoms with van der Waals surface area (Å²) >= 11 is 0. The number of fused-ring (bicyclic) bond motifs is 10. The Morgan fingerprint density at radius 3 is 1.50 bits per heavy atom. The molecule has 2 nitrogen and oxygen atoms in total. The molecule has 1 heterocycles. The fraction of sp³-hybridized carbons (Fsp3) is 0. The molecule has 10 aromatic carbocycles. The average Bonchev–Trinajstić information content (AvgIpc) is 3.66. The van der Waals surface area contributed by atoms with Gasteiger partial charge in [-0.05, 0) is 121 Å². The predicted molar refractivity (Wildman–Crippen MR) is 237 cm³/mol. The van der Waals surface area contributed by atoms with Crippen molar-refractivity contribution in [3.8, 4) is 33.4 Å². The highest BCUT2D eigenvalue weighted by Gasteiger charge is 2.18. The zero-order valence-electron chi connectivity index (χ0n) is 30.6. The second kappa shape index (κ2) is 13.2. The average molecular weight is 714 g/mol. The molecule has 0 saturated heterocycles. The minimum Gasteiger partial charge on any atom is -0.456 e. The number of para-hydroxylation sites is 2. The summed E-state index contributed by atoms with van der Waals surface area (Å²) in [4.78, 5) is 2.34. The Hall–Kier alpha value is -7.42. The summed E-state index contributed by atoms with van der Waals surface area (Å²) in [5, 5.41) is 9.81. The van der Waals surface area contributed by atoms with Gasteiger partial charge in [0.15, 0.2) is 0 Å². The molecule has 0 N–H and O–H groups in total. The summed E-state index contributed by atoms with van der Waals surface area (Å²) < 4.78 is 6.35. The van der Waals surface area contributed by atoms with E-state index in [0.717, 1.165) is 33.6 Å². The maximum atomic E-state index is 6.35. The lowest BCUT2D eigenvalue weighted by Crippen LogP contribution is -2.09.